The molecular formula is C24H34F2N2O2. The summed E-state index contributed by atoms with van der Waals surface area (Å²) in [7, 11) is 0. The molecular weight excluding hydrogens is 386 g/mol. The lowest BCUT2D eigenvalue weighted by atomic mass is 9.85. The van der Waals surface area contributed by atoms with Crippen LogP contribution in [0.25, 0.3) is 6.08 Å². The molecule has 1 amide bonds. The highest BCUT2D eigenvalue weighted by Gasteiger charge is 2.45. The maximum absolute atomic E-state index is 13.9. The monoisotopic (exact) mass is 420 g/mol. The van der Waals surface area contributed by atoms with Crippen molar-refractivity contribution in [1.82, 2.24) is 10.2 Å². The number of fused-ring (bicyclic) bond motifs is 1. The van der Waals surface area contributed by atoms with Gasteiger partial charge >= 0.3 is 6.09 Å². The molecule has 2 fully saturated rings. The van der Waals surface area contributed by atoms with Crippen molar-refractivity contribution < 1.29 is 18.3 Å². The van der Waals surface area contributed by atoms with Crippen LogP contribution < -0.4 is 5.32 Å². The molecule has 0 aromatic heterocycles. The fourth-order valence-electron chi connectivity index (χ4n) is 4.71. The zero-order valence-corrected chi connectivity index (χ0v) is 18.5. The van der Waals surface area contributed by atoms with Crippen molar-refractivity contribution in [3.8, 4) is 0 Å². The second-order valence-electron chi connectivity index (χ2n) is 9.68. The van der Waals surface area contributed by atoms with Crippen LogP contribution in [0.2, 0.25) is 0 Å². The predicted molar refractivity (Wildman–Crippen MR) is 115 cm³/mol. The molecule has 1 aromatic carbocycles. The van der Waals surface area contributed by atoms with Crippen molar-refractivity contribution in [1.29, 1.82) is 0 Å². The van der Waals surface area contributed by atoms with E-state index in [-0.39, 0.29) is 18.2 Å². The van der Waals surface area contributed by atoms with Crippen molar-refractivity contribution in [3.63, 3.8) is 0 Å². The Bertz CT molecular complexity index is 788. The van der Waals surface area contributed by atoms with Gasteiger partial charge in [-0.25, -0.2) is 13.6 Å². The van der Waals surface area contributed by atoms with Gasteiger partial charge in [-0.1, -0.05) is 24.5 Å². The van der Waals surface area contributed by atoms with Crippen LogP contribution in [0.1, 0.15) is 65.4 Å². The summed E-state index contributed by atoms with van der Waals surface area (Å²) in [6.45, 7) is 8.85. The zero-order valence-electron chi connectivity index (χ0n) is 18.5. The molecule has 1 heterocycles. The number of amides is 1. The third-order valence-corrected chi connectivity index (χ3v) is 5.95. The van der Waals surface area contributed by atoms with Crippen LogP contribution in [0.15, 0.2) is 23.8 Å². The summed E-state index contributed by atoms with van der Waals surface area (Å²) in [5.41, 5.74) is 0.804. The van der Waals surface area contributed by atoms with Crippen LogP contribution in [0.3, 0.4) is 0 Å². The van der Waals surface area contributed by atoms with E-state index in [1.165, 1.54) is 25.0 Å². The van der Waals surface area contributed by atoms with Gasteiger partial charge in [-0.05, 0) is 65.0 Å². The number of ether oxygens (including phenoxy) is 1. The lowest BCUT2D eigenvalue weighted by Crippen LogP contribution is -2.48. The lowest BCUT2D eigenvalue weighted by Gasteiger charge is -2.35. The summed E-state index contributed by atoms with van der Waals surface area (Å²) in [5, 5.41) is 3.42. The molecule has 6 heteroatoms. The topological polar surface area (TPSA) is 41.6 Å². The maximum Gasteiger partial charge on any atom is 0.410 e. The Hall–Kier alpha value is -1.95. The third kappa shape index (κ3) is 5.81. The predicted octanol–water partition coefficient (Wildman–Crippen LogP) is 5.53. The Morgan fingerprint density at radius 3 is 2.70 bits per heavy atom. The quantitative estimate of drug-likeness (QED) is 0.681. The highest BCUT2D eigenvalue weighted by molar-refractivity contribution is 5.69. The number of hydrogen-bond donors (Lipinski definition) is 1. The molecule has 0 bridgehead atoms. The zero-order chi connectivity index (χ0) is 21.9. The number of nitrogens with zero attached hydrogens (tertiary/aromatic N) is 1. The number of nitrogens with one attached hydrogen (secondary N) is 1. The molecule has 1 aliphatic carbocycles. The van der Waals surface area contributed by atoms with Gasteiger partial charge in [0.05, 0.1) is 0 Å². The van der Waals surface area contributed by atoms with Gasteiger partial charge in [0.2, 0.25) is 0 Å². The number of carbonyl (C=O) groups excluding carboxylic acids is 1. The first-order chi connectivity index (χ1) is 14.1. The molecule has 3 atom stereocenters. The molecule has 2 aliphatic rings. The van der Waals surface area contributed by atoms with E-state index in [1.807, 2.05) is 32.6 Å². The molecule has 0 spiro atoms. The lowest BCUT2D eigenvalue weighted by molar-refractivity contribution is 0.0105. The van der Waals surface area contributed by atoms with Crippen molar-refractivity contribution in [3.05, 3.63) is 41.0 Å². The molecule has 4 nitrogen and oxygen atoms in total. The van der Waals surface area contributed by atoms with E-state index in [1.54, 1.807) is 6.08 Å². The smallest absolute Gasteiger partial charge is 0.410 e. The number of rotatable bonds is 5. The maximum atomic E-state index is 13.9. The van der Waals surface area contributed by atoms with Gasteiger partial charge in [-0.15, -0.1) is 0 Å². The van der Waals surface area contributed by atoms with Gasteiger partial charge < -0.3 is 15.0 Å². The van der Waals surface area contributed by atoms with Crippen molar-refractivity contribution in [2.45, 2.75) is 77.5 Å². The van der Waals surface area contributed by atoms with Gasteiger partial charge in [-0.3, -0.25) is 0 Å². The Kier molecular flexibility index (Phi) is 7.17. The van der Waals surface area contributed by atoms with Gasteiger partial charge in [-0.2, -0.15) is 0 Å². The van der Waals surface area contributed by atoms with Gasteiger partial charge in [0.25, 0.3) is 0 Å². The van der Waals surface area contributed by atoms with Crippen LogP contribution in [0.4, 0.5) is 13.6 Å². The molecule has 0 radical (unpaired) electrons. The van der Waals surface area contributed by atoms with E-state index in [2.05, 4.69) is 5.32 Å². The Morgan fingerprint density at radius 1 is 1.27 bits per heavy atom. The van der Waals surface area contributed by atoms with E-state index in [0.29, 0.717) is 24.6 Å². The van der Waals surface area contributed by atoms with Gasteiger partial charge in [0.15, 0.2) is 0 Å². The Morgan fingerprint density at radius 2 is 2.00 bits per heavy atom. The number of halogens is 2. The van der Waals surface area contributed by atoms with Crippen LogP contribution in [0.5, 0.6) is 0 Å². The number of carbonyl (C=O) groups is 1. The first-order valence-electron chi connectivity index (χ1n) is 11.0. The van der Waals surface area contributed by atoms with Crippen molar-refractivity contribution >= 4 is 12.2 Å². The highest BCUT2D eigenvalue weighted by Crippen LogP contribution is 2.40. The Labute approximate surface area is 178 Å². The molecule has 30 heavy (non-hydrogen) atoms. The minimum Gasteiger partial charge on any atom is -0.444 e. The molecule has 3 rings (SSSR count). The number of benzene rings is 1. The average molecular weight is 421 g/mol. The summed E-state index contributed by atoms with van der Waals surface area (Å²) in [6, 6.07) is 3.97. The molecule has 0 unspecified atom stereocenters. The molecule has 1 aliphatic heterocycles. The number of likely N-dealkylation sites (tertiary alicyclic amines) is 1. The Balaban J connectivity index is 1.62. The molecule has 166 valence electrons. The first kappa shape index (κ1) is 22.7. The van der Waals surface area contributed by atoms with Crippen molar-refractivity contribution in [2.24, 2.45) is 5.92 Å². The van der Waals surface area contributed by atoms with E-state index < -0.39 is 17.2 Å². The van der Waals surface area contributed by atoms with E-state index in [9.17, 15) is 13.6 Å². The van der Waals surface area contributed by atoms with E-state index in [0.717, 1.165) is 30.9 Å². The van der Waals surface area contributed by atoms with Crippen LogP contribution in [-0.4, -0.2) is 41.8 Å². The molecule has 1 aromatic rings. The van der Waals surface area contributed by atoms with E-state index >= 15 is 0 Å². The standard InChI is InChI=1S/C24H34F2N2O2/c1-16(11-17-9-10-19(25)13-21(17)26)14-27-15-20-12-18-7-5-6-8-22(18)28(20)23(29)30-24(2,3)4/h9-11,13,18,20,22,27H,5-8,12,14-15H2,1-4H3/t18-,20+,22-/m0/s1. The average Bonchev–Trinajstić information content (AvgIpc) is 3.01. The van der Waals surface area contributed by atoms with Crippen molar-refractivity contribution in [2.75, 3.05) is 13.1 Å². The normalized spacial score (nSPS) is 24.7. The van der Waals surface area contributed by atoms with Gasteiger partial charge in [0, 0.05) is 36.8 Å². The van der Waals surface area contributed by atoms with E-state index in [4.69, 9.17) is 4.74 Å². The fraction of sp³-hybridized carbons (Fsp3) is 0.625. The summed E-state index contributed by atoms with van der Waals surface area (Å²) in [6.07, 6.45) is 7.10. The SMILES string of the molecule is CC(=Cc1ccc(F)cc1F)CNC[C@H]1C[C@@H]2CCCC[C@@H]2N1C(=O)OC(C)(C)C. The second-order valence-corrected chi connectivity index (χ2v) is 9.68. The highest BCUT2D eigenvalue weighted by atomic mass is 19.1. The fourth-order valence-corrected chi connectivity index (χ4v) is 4.71. The molecule has 1 saturated carbocycles. The largest absolute Gasteiger partial charge is 0.444 e. The van der Waals surface area contributed by atoms with Crippen LogP contribution in [-0.2, 0) is 4.74 Å². The van der Waals surface area contributed by atoms with Crippen LogP contribution >= 0.6 is 0 Å². The van der Waals surface area contributed by atoms with Crippen LogP contribution in [0, 0.1) is 17.6 Å². The summed E-state index contributed by atoms with van der Waals surface area (Å²) >= 11 is 0. The second kappa shape index (κ2) is 9.46. The summed E-state index contributed by atoms with van der Waals surface area (Å²) < 4.78 is 32.6. The van der Waals surface area contributed by atoms with Gasteiger partial charge in [0.1, 0.15) is 17.2 Å². The summed E-state index contributed by atoms with van der Waals surface area (Å²) in [5.74, 6) is -0.598. The number of hydrogen-bond acceptors (Lipinski definition) is 3. The third-order valence-electron chi connectivity index (χ3n) is 5.95. The minimum atomic E-state index is -0.578. The molecule has 1 N–H and O–H groups in total. The first-order valence-corrected chi connectivity index (χ1v) is 11.0. The summed E-state index contributed by atoms with van der Waals surface area (Å²) in [4.78, 5) is 14.9. The molecule has 1 saturated heterocycles. The minimum absolute atomic E-state index is 0.100.